The standard InChI is InChI=1S/C15H16N4O2S2/c1-10-17-18-15(23-10)22-9-13(20)16-11-5-2-3-6-12(11)19-8-4-7-14(19)21/h2-3,5-6H,4,7-9H2,1H3,(H,16,20). The summed E-state index contributed by atoms with van der Waals surface area (Å²) in [4.78, 5) is 25.8. The number of benzene rings is 1. The van der Waals surface area contributed by atoms with Crippen molar-refractivity contribution in [3.63, 3.8) is 0 Å². The lowest BCUT2D eigenvalue weighted by Gasteiger charge is -2.19. The smallest absolute Gasteiger partial charge is 0.234 e. The topological polar surface area (TPSA) is 75.2 Å². The van der Waals surface area contributed by atoms with Crippen molar-refractivity contribution in [2.75, 3.05) is 22.5 Å². The maximum absolute atomic E-state index is 12.2. The predicted molar refractivity (Wildman–Crippen MR) is 92.0 cm³/mol. The third-order valence-electron chi connectivity index (χ3n) is 3.38. The molecular formula is C15H16N4O2S2. The lowest BCUT2D eigenvalue weighted by molar-refractivity contribution is -0.117. The molecule has 1 aromatic carbocycles. The maximum Gasteiger partial charge on any atom is 0.234 e. The molecular weight excluding hydrogens is 332 g/mol. The molecule has 1 fully saturated rings. The van der Waals surface area contributed by atoms with Gasteiger partial charge in [-0.3, -0.25) is 9.59 Å². The van der Waals surface area contributed by atoms with Gasteiger partial charge in [0.2, 0.25) is 11.8 Å². The maximum atomic E-state index is 12.2. The van der Waals surface area contributed by atoms with Gasteiger partial charge in [0.05, 0.1) is 17.1 Å². The summed E-state index contributed by atoms with van der Waals surface area (Å²) in [6.07, 6.45) is 1.42. The molecule has 0 spiro atoms. The number of thioether (sulfide) groups is 1. The van der Waals surface area contributed by atoms with E-state index in [0.717, 1.165) is 21.5 Å². The average Bonchev–Trinajstić information content (AvgIpc) is 3.14. The quantitative estimate of drug-likeness (QED) is 0.841. The first kappa shape index (κ1) is 15.9. The fraction of sp³-hybridized carbons (Fsp3) is 0.333. The number of para-hydroxylation sites is 2. The van der Waals surface area contributed by atoms with Gasteiger partial charge in [-0.2, -0.15) is 0 Å². The third-order valence-corrected chi connectivity index (χ3v) is 5.35. The fourth-order valence-electron chi connectivity index (χ4n) is 2.37. The number of hydrogen-bond donors (Lipinski definition) is 1. The molecule has 8 heteroatoms. The van der Waals surface area contributed by atoms with Crippen LogP contribution in [-0.4, -0.2) is 34.3 Å². The first-order chi connectivity index (χ1) is 11.1. The number of nitrogens with zero attached hydrogens (tertiary/aromatic N) is 3. The van der Waals surface area contributed by atoms with E-state index in [0.29, 0.717) is 18.7 Å². The molecule has 0 bridgehead atoms. The molecule has 1 N–H and O–H groups in total. The normalized spacial score (nSPS) is 14.3. The summed E-state index contributed by atoms with van der Waals surface area (Å²) in [7, 11) is 0. The van der Waals surface area contributed by atoms with E-state index in [9.17, 15) is 9.59 Å². The van der Waals surface area contributed by atoms with Gasteiger partial charge in [0.1, 0.15) is 5.01 Å². The summed E-state index contributed by atoms with van der Waals surface area (Å²) < 4.78 is 0.778. The minimum absolute atomic E-state index is 0.102. The second-order valence-corrected chi connectivity index (χ2v) is 7.49. The van der Waals surface area contributed by atoms with Gasteiger partial charge >= 0.3 is 0 Å². The second kappa shape index (κ2) is 7.10. The van der Waals surface area contributed by atoms with Gasteiger partial charge in [0.15, 0.2) is 4.34 Å². The van der Waals surface area contributed by atoms with Gasteiger partial charge < -0.3 is 10.2 Å². The van der Waals surface area contributed by atoms with E-state index in [2.05, 4.69) is 15.5 Å². The Hall–Kier alpha value is -1.93. The summed E-state index contributed by atoms with van der Waals surface area (Å²) in [5.74, 6) is 0.240. The highest BCUT2D eigenvalue weighted by Gasteiger charge is 2.24. The Bertz CT molecular complexity index is 732. The molecule has 0 unspecified atom stereocenters. The number of aryl methyl sites for hydroxylation is 1. The molecule has 2 aromatic rings. The molecule has 0 radical (unpaired) electrons. The van der Waals surface area contributed by atoms with E-state index in [1.165, 1.54) is 23.1 Å². The fourth-order valence-corrected chi connectivity index (χ4v) is 3.98. The van der Waals surface area contributed by atoms with Crippen LogP contribution in [0.25, 0.3) is 0 Å². The van der Waals surface area contributed by atoms with Gasteiger partial charge in [-0.25, -0.2) is 0 Å². The largest absolute Gasteiger partial charge is 0.324 e. The summed E-state index contributed by atoms with van der Waals surface area (Å²) in [6, 6.07) is 7.40. The number of rotatable bonds is 5. The van der Waals surface area contributed by atoms with Crippen molar-refractivity contribution in [2.24, 2.45) is 0 Å². The molecule has 120 valence electrons. The van der Waals surface area contributed by atoms with Gasteiger partial charge in [-0.05, 0) is 25.5 Å². The lowest BCUT2D eigenvalue weighted by Crippen LogP contribution is -2.25. The molecule has 0 aliphatic carbocycles. The summed E-state index contributed by atoms with van der Waals surface area (Å²) in [6.45, 7) is 2.58. The Morgan fingerprint density at radius 1 is 1.39 bits per heavy atom. The average molecular weight is 348 g/mol. The molecule has 2 amide bonds. The molecule has 1 aromatic heterocycles. The van der Waals surface area contributed by atoms with Crippen LogP contribution in [0.4, 0.5) is 11.4 Å². The molecule has 0 saturated carbocycles. The predicted octanol–water partition coefficient (Wildman–Crippen LogP) is 2.70. The number of nitrogens with one attached hydrogen (secondary N) is 1. The molecule has 2 heterocycles. The van der Waals surface area contributed by atoms with Gasteiger partial charge in [-0.1, -0.05) is 35.2 Å². The number of carbonyl (C=O) groups excluding carboxylic acids is 2. The lowest BCUT2D eigenvalue weighted by atomic mass is 10.2. The van der Waals surface area contributed by atoms with Gasteiger partial charge in [0.25, 0.3) is 0 Å². The Kier molecular flexibility index (Phi) is 4.92. The summed E-state index contributed by atoms with van der Waals surface area (Å²) >= 11 is 2.83. The van der Waals surface area contributed by atoms with Gasteiger partial charge in [-0.15, -0.1) is 10.2 Å². The zero-order valence-electron chi connectivity index (χ0n) is 12.6. The van der Waals surface area contributed by atoms with Crippen LogP contribution in [-0.2, 0) is 9.59 Å². The van der Waals surface area contributed by atoms with E-state index in [-0.39, 0.29) is 17.6 Å². The van der Waals surface area contributed by atoms with E-state index in [4.69, 9.17) is 0 Å². The Morgan fingerprint density at radius 3 is 2.91 bits per heavy atom. The zero-order valence-corrected chi connectivity index (χ0v) is 14.2. The van der Waals surface area contributed by atoms with Crippen LogP contribution in [0.1, 0.15) is 17.8 Å². The molecule has 0 atom stereocenters. The molecule has 3 rings (SSSR count). The first-order valence-electron chi connectivity index (χ1n) is 7.25. The minimum atomic E-state index is -0.123. The first-order valence-corrected chi connectivity index (χ1v) is 9.06. The van der Waals surface area contributed by atoms with Crippen LogP contribution < -0.4 is 10.2 Å². The van der Waals surface area contributed by atoms with Gasteiger partial charge in [0, 0.05) is 13.0 Å². The molecule has 1 saturated heterocycles. The van der Waals surface area contributed by atoms with Crippen molar-refractivity contribution in [3.05, 3.63) is 29.3 Å². The molecule has 6 nitrogen and oxygen atoms in total. The molecule has 1 aliphatic rings. The third kappa shape index (κ3) is 3.89. The van der Waals surface area contributed by atoms with E-state index in [1.807, 2.05) is 31.2 Å². The SMILES string of the molecule is Cc1nnc(SCC(=O)Nc2ccccc2N2CCCC2=O)s1. The van der Waals surface area contributed by atoms with Crippen LogP contribution in [0.3, 0.4) is 0 Å². The Morgan fingerprint density at radius 2 is 2.22 bits per heavy atom. The second-order valence-electron chi connectivity index (χ2n) is 5.09. The van der Waals surface area contributed by atoms with E-state index in [1.54, 1.807) is 4.90 Å². The van der Waals surface area contributed by atoms with Crippen molar-refractivity contribution in [2.45, 2.75) is 24.1 Å². The van der Waals surface area contributed by atoms with Crippen molar-refractivity contribution in [1.29, 1.82) is 0 Å². The monoisotopic (exact) mass is 348 g/mol. The molecule has 23 heavy (non-hydrogen) atoms. The highest BCUT2D eigenvalue weighted by atomic mass is 32.2. The summed E-state index contributed by atoms with van der Waals surface area (Å²) in [5.41, 5.74) is 1.43. The zero-order chi connectivity index (χ0) is 16.2. The number of hydrogen-bond acceptors (Lipinski definition) is 6. The Labute approximate surface area is 142 Å². The number of anilines is 2. The number of amides is 2. The molecule has 1 aliphatic heterocycles. The minimum Gasteiger partial charge on any atom is -0.324 e. The summed E-state index contributed by atoms with van der Waals surface area (Å²) in [5, 5.41) is 11.7. The Balaban J connectivity index is 1.65. The number of carbonyl (C=O) groups is 2. The van der Waals surface area contributed by atoms with Crippen LogP contribution in [0.15, 0.2) is 28.6 Å². The van der Waals surface area contributed by atoms with E-state index >= 15 is 0 Å². The van der Waals surface area contributed by atoms with Crippen LogP contribution in [0, 0.1) is 6.92 Å². The highest BCUT2D eigenvalue weighted by Crippen LogP contribution is 2.29. The van der Waals surface area contributed by atoms with Crippen molar-refractivity contribution >= 4 is 46.3 Å². The van der Waals surface area contributed by atoms with Crippen LogP contribution in [0.2, 0.25) is 0 Å². The number of aromatic nitrogens is 2. The van der Waals surface area contributed by atoms with Crippen molar-refractivity contribution < 1.29 is 9.59 Å². The van der Waals surface area contributed by atoms with Crippen molar-refractivity contribution in [1.82, 2.24) is 10.2 Å². The van der Waals surface area contributed by atoms with Crippen molar-refractivity contribution in [3.8, 4) is 0 Å². The van der Waals surface area contributed by atoms with Crippen LogP contribution in [0.5, 0.6) is 0 Å². The highest BCUT2D eigenvalue weighted by molar-refractivity contribution is 8.01. The van der Waals surface area contributed by atoms with E-state index < -0.39 is 0 Å². The van der Waals surface area contributed by atoms with Crippen LogP contribution >= 0.6 is 23.1 Å².